The Morgan fingerprint density at radius 1 is 0.872 bits per heavy atom. The van der Waals surface area contributed by atoms with Gasteiger partial charge in [-0.25, -0.2) is 14.0 Å². The van der Waals surface area contributed by atoms with E-state index in [-0.39, 0.29) is 22.6 Å². The minimum atomic E-state index is -0.306. The molecule has 0 aliphatic carbocycles. The molecule has 2 aliphatic heterocycles. The molecule has 11 nitrogen and oxygen atoms in total. The van der Waals surface area contributed by atoms with Crippen molar-refractivity contribution < 1.29 is 4.74 Å². The van der Waals surface area contributed by atoms with Gasteiger partial charge in [-0.15, -0.1) is 11.8 Å². The van der Waals surface area contributed by atoms with Crippen LogP contribution in [0, 0.1) is 0 Å². The summed E-state index contributed by atoms with van der Waals surface area (Å²) in [6, 6.07) is 27.5. The average Bonchev–Trinajstić information content (AvgIpc) is 3.89. The molecule has 2 fully saturated rings. The minimum absolute atomic E-state index is 0.0784. The SMILES string of the molecule is CCC(C)n1ncn(-c2ccc(N3CCN(c4ccc(OC[C@@H]5CS[C@@](Cn6nccn6)(c6ccccc6)N5)cc4)CC3)cc2)c1=O. The standard InChI is InChI=1S/C35H41N9O2S/c1-3-27(2)44-34(45)42(26-38-44)32-11-9-30(10-12-32)40-19-21-41(22-20-40)31-13-15-33(16-14-31)46-23-29-24-47-35(39-29,25-43-36-17-18-37-43)28-7-5-4-6-8-28/h4-18,26-27,29,39H,3,19-25H2,1-2H3/t27?,29-,35+/m1/s1. The van der Waals surface area contributed by atoms with Crippen LogP contribution in [0.2, 0.25) is 0 Å². The fraction of sp³-hybridized carbons (Fsp3) is 0.371. The molecule has 4 heterocycles. The molecular weight excluding hydrogens is 611 g/mol. The zero-order chi connectivity index (χ0) is 32.2. The van der Waals surface area contributed by atoms with Crippen molar-refractivity contribution in [3.63, 3.8) is 0 Å². The van der Waals surface area contributed by atoms with E-state index in [1.54, 1.807) is 32.8 Å². The lowest BCUT2D eigenvalue weighted by molar-refractivity contribution is 0.254. The molecule has 0 amide bonds. The number of piperazine rings is 1. The van der Waals surface area contributed by atoms with Gasteiger partial charge < -0.3 is 14.5 Å². The number of anilines is 2. The summed E-state index contributed by atoms with van der Waals surface area (Å²) in [6.07, 6.45) is 5.92. The van der Waals surface area contributed by atoms with Crippen molar-refractivity contribution in [2.45, 2.75) is 43.8 Å². The molecule has 3 atom stereocenters. The number of hydrogen-bond donors (Lipinski definition) is 1. The Labute approximate surface area is 279 Å². The van der Waals surface area contributed by atoms with Gasteiger partial charge in [0, 0.05) is 43.3 Å². The van der Waals surface area contributed by atoms with Gasteiger partial charge in [0.25, 0.3) is 0 Å². The number of nitrogens with zero attached hydrogens (tertiary/aromatic N) is 8. The van der Waals surface area contributed by atoms with E-state index in [4.69, 9.17) is 4.74 Å². The van der Waals surface area contributed by atoms with Crippen molar-refractivity contribution in [2.24, 2.45) is 0 Å². The van der Waals surface area contributed by atoms with Gasteiger partial charge in [0.1, 0.15) is 23.6 Å². The molecule has 12 heteroatoms. The predicted molar refractivity (Wildman–Crippen MR) is 187 cm³/mol. The second-order valence-corrected chi connectivity index (χ2v) is 13.5. The zero-order valence-electron chi connectivity index (χ0n) is 26.9. The maximum Gasteiger partial charge on any atom is 0.350 e. The Morgan fingerprint density at radius 2 is 1.49 bits per heavy atom. The molecule has 3 aromatic carbocycles. The van der Waals surface area contributed by atoms with Crippen LogP contribution >= 0.6 is 11.8 Å². The van der Waals surface area contributed by atoms with Crippen molar-refractivity contribution in [3.8, 4) is 11.4 Å². The van der Waals surface area contributed by atoms with E-state index in [1.807, 2.05) is 36.9 Å². The third-order valence-electron chi connectivity index (χ3n) is 9.17. The quantitative estimate of drug-likeness (QED) is 0.221. The van der Waals surface area contributed by atoms with Crippen LogP contribution in [-0.4, -0.2) is 73.9 Å². The molecular formula is C35H41N9O2S. The zero-order valence-corrected chi connectivity index (χ0v) is 27.7. The van der Waals surface area contributed by atoms with Crippen LogP contribution in [0.25, 0.3) is 5.69 Å². The smallest absolute Gasteiger partial charge is 0.350 e. The second kappa shape index (κ2) is 13.7. The summed E-state index contributed by atoms with van der Waals surface area (Å²) >= 11 is 1.89. The van der Waals surface area contributed by atoms with Crippen molar-refractivity contribution in [1.82, 2.24) is 34.7 Å². The van der Waals surface area contributed by atoms with Crippen molar-refractivity contribution in [3.05, 3.63) is 114 Å². The number of hydrogen-bond acceptors (Lipinski definition) is 9. The van der Waals surface area contributed by atoms with Crippen LogP contribution in [0.1, 0.15) is 31.9 Å². The summed E-state index contributed by atoms with van der Waals surface area (Å²) in [5.41, 5.74) is 4.31. The summed E-state index contributed by atoms with van der Waals surface area (Å²) in [5.74, 6) is 1.81. The third-order valence-corrected chi connectivity index (χ3v) is 10.7. The normalized spacial score (nSPS) is 20.4. The van der Waals surface area contributed by atoms with Crippen LogP contribution in [0.4, 0.5) is 11.4 Å². The second-order valence-electron chi connectivity index (χ2n) is 12.2. The molecule has 1 unspecified atom stereocenters. The summed E-state index contributed by atoms with van der Waals surface area (Å²) in [5, 5.41) is 16.9. The Kier molecular flexibility index (Phi) is 9.03. The van der Waals surface area contributed by atoms with Gasteiger partial charge in [0.05, 0.1) is 36.7 Å². The number of aromatic nitrogens is 6. The Balaban J connectivity index is 0.913. The molecule has 2 saturated heterocycles. The number of thioether (sulfide) groups is 1. The maximum absolute atomic E-state index is 12.8. The van der Waals surface area contributed by atoms with E-state index in [0.717, 1.165) is 55.5 Å². The van der Waals surface area contributed by atoms with Gasteiger partial charge in [-0.3, -0.25) is 5.32 Å². The lowest BCUT2D eigenvalue weighted by atomic mass is 10.1. The topological polar surface area (TPSA) is 98.3 Å². The van der Waals surface area contributed by atoms with E-state index >= 15 is 0 Å². The monoisotopic (exact) mass is 651 g/mol. The summed E-state index contributed by atoms with van der Waals surface area (Å²) < 4.78 is 9.44. The maximum atomic E-state index is 12.8. The first-order chi connectivity index (χ1) is 23.0. The molecule has 0 spiro atoms. The van der Waals surface area contributed by atoms with Crippen molar-refractivity contribution in [1.29, 1.82) is 0 Å². The number of ether oxygens (including phenoxy) is 1. The van der Waals surface area contributed by atoms with Crippen molar-refractivity contribution in [2.75, 3.05) is 48.3 Å². The molecule has 47 heavy (non-hydrogen) atoms. The van der Waals surface area contributed by atoms with Gasteiger partial charge in [-0.1, -0.05) is 37.3 Å². The fourth-order valence-corrected chi connectivity index (χ4v) is 7.72. The van der Waals surface area contributed by atoms with Crippen LogP contribution < -0.4 is 25.5 Å². The molecule has 0 radical (unpaired) electrons. The molecule has 5 aromatic rings. The first-order valence-corrected chi connectivity index (χ1v) is 17.3. The highest BCUT2D eigenvalue weighted by Gasteiger charge is 2.42. The molecule has 2 aromatic heterocycles. The Hall–Kier alpha value is -4.55. The fourth-order valence-electron chi connectivity index (χ4n) is 6.29. The van der Waals surface area contributed by atoms with Crippen LogP contribution in [0.15, 0.2) is 102 Å². The van der Waals surface area contributed by atoms with Gasteiger partial charge in [0.15, 0.2) is 0 Å². The molecule has 2 aliphatic rings. The largest absolute Gasteiger partial charge is 0.492 e. The first kappa shape index (κ1) is 31.1. The molecule has 7 rings (SSSR count). The van der Waals surface area contributed by atoms with Crippen LogP contribution in [0.3, 0.4) is 0 Å². The Bertz CT molecular complexity index is 1780. The predicted octanol–water partition coefficient (Wildman–Crippen LogP) is 4.56. The van der Waals surface area contributed by atoms with Gasteiger partial charge >= 0.3 is 5.69 Å². The Morgan fingerprint density at radius 3 is 2.13 bits per heavy atom. The van der Waals surface area contributed by atoms with Gasteiger partial charge in [-0.05, 0) is 67.4 Å². The van der Waals surface area contributed by atoms with Gasteiger partial charge in [-0.2, -0.15) is 20.1 Å². The van der Waals surface area contributed by atoms with Crippen LogP contribution in [-0.2, 0) is 11.4 Å². The molecule has 0 saturated carbocycles. The highest BCUT2D eigenvalue weighted by molar-refractivity contribution is 8.00. The summed E-state index contributed by atoms with van der Waals surface area (Å²) in [6.45, 7) is 9.00. The summed E-state index contributed by atoms with van der Waals surface area (Å²) in [4.78, 5) is 19.1. The van der Waals surface area contributed by atoms with Crippen molar-refractivity contribution >= 4 is 23.1 Å². The van der Waals surface area contributed by atoms with E-state index < -0.39 is 0 Å². The van der Waals surface area contributed by atoms with E-state index in [9.17, 15) is 4.79 Å². The highest BCUT2D eigenvalue weighted by atomic mass is 32.2. The van der Waals surface area contributed by atoms with Crippen LogP contribution in [0.5, 0.6) is 5.75 Å². The number of nitrogens with one attached hydrogen (secondary N) is 1. The van der Waals surface area contributed by atoms with E-state index in [1.165, 1.54) is 11.3 Å². The third kappa shape index (κ3) is 6.66. The minimum Gasteiger partial charge on any atom is -0.492 e. The van der Waals surface area contributed by atoms with E-state index in [2.05, 4.69) is 98.0 Å². The number of rotatable bonds is 11. The van der Waals surface area contributed by atoms with Gasteiger partial charge in [0.2, 0.25) is 0 Å². The lowest BCUT2D eigenvalue weighted by Crippen LogP contribution is -2.46. The first-order valence-electron chi connectivity index (χ1n) is 16.3. The summed E-state index contributed by atoms with van der Waals surface area (Å²) in [7, 11) is 0. The number of benzene rings is 3. The molecule has 1 N–H and O–H groups in total. The lowest BCUT2D eigenvalue weighted by Gasteiger charge is -2.37. The van der Waals surface area contributed by atoms with E-state index in [0.29, 0.717) is 13.2 Å². The molecule has 244 valence electrons. The highest BCUT2D eigenvalue weighted by Crippen LogP contribution is 2.41. The average molecular weight is 652 g/mol. The molecule has 0 bridgehead atoms.